The highest BCUT2D eigenvalue weighted by molar-refractivity contribution is 9.10. The fourth-order valence-corrected chi connectivity index (χ4v) is 4.11. The van der Waals surface area contributed by atoms with Crippen LogP contribution in [0.4, 0.5) is 4.79 Å². The summed E-state index contributed by atoms with van der Waals surface area (Å²) in [6.07, 6.45) is 0.429. The SMILES string of the molecule is CC[C@@]1(c2ccc(Cl)cc2)NC(=O)N(Cc2cc3c(cc2Br)OCCO3)C1=O. The first-order chi connectivity index (χ1) is 13.4. The average Bonchev–Trinajstić information content (AvgIpc) is 2.94. The number of fused-ring (bicyclic) bond motifs is 1. The lowest BCUT2D eigenvalue weighted by molar-refractivity contribution is -0.132. The molecule has 1 saturated heterocycles. The van der Waals surface area contributed by atoms with E-state index in [-0.39, 0.29) is 12.5 Å². The normalized spacial score (nSPS) is 21.0. The molecule has 0 bridgehead atoms. The van der Waals surface area contributed by atoms with Crippen LogP contribution in [0, 0.1) is 0 Å². The summed E-state index contributed by atoms with van der Waals surface area (Å²) in [7, 11) is 0. The zero-order valence-electron chi connectivity index (χ0n) is 15.1. The van der Waals surface area contributed by atoms with Gasteiger partial charge in [-0.1, -0.05) is 46.6 Å². The Balaban J connectivity index is 1.65. The van der Waals surface area contributed by atoms with Crippen molar-refractivity contribution in [1.82, 2.24) is 10.2 Å². The highest BCUT2D eigenvalue weighted by atomic mass is 79.9. The number of hydrogen-bond donors (Lipinski definition) is 1. The first-order valence-electron chi connectivity index (χ1n) is 8.93. The molecule has 3 amide bonds. The standard InChI is InChI=1S/C20H18BrClN2O4/c1-2-20(13-3-5-14(22)6-4-13)18(25)24(19(26)23-20)11-12-9-16-17(10-15(12)21)28-8-7-27-16/h3-6,9-10H,2,7-8,11H2,1H3,(H,23,26)/t20-/m0/s1. The Morgan fingerprint density at radius 2 is 1.79 bits per heavy atom. The van der Waals surface area contributed by atoms with Gasteiger partial charge in [0, 0.05) is 9.50 Å². The fraction of sp³-hybridized carbons (Fsp3) is 0.300. The molecule has 2 aromatic rings. The van der Waals surface area contributed by atoms with Crippen molar-refractivity contribution >= 4 is 39.5 Å². The van der Waals surface area contributed by atoms with Crippen LogP contribution in [0.3, 0.4) is 0 Å². The Bertz CT molecular complexity index is 950. The van der Waals surface area contributed by atoms with E-state index in [1.54, 1.807) is 36.4 Å². The topological polar surface area (TPSA) is 67.9 Å². The van der Waals surface area contributed by atoms with Crippen molar-refractivity contribution < 1.29 is 19.1 Å². The van der Waals surface area contributed by atoms with Gasteiger partial charge in [0.05, 0.1) is 6.54 Å². The molecule has 1 fully saturated rings. The van der Waals surface area contributed by atoms with Gasteiger partial charge >= 0.3 is 6.03 Å². The summed E-state index contributed by atoms with van der Waals surface area (Å²) < 4.78 is 11.9. The molecule has 0 aromatic heterocycles. The second-order valence-electron chi connectivity index (χ2n) is 6.67. The third-order valence-corrected chi connectivity index (χ3v) is 6.07. The van der Waals surface area contributed by atoms with Gasteiger partial charge in [-0.2, -0.15) is 0 Å². The molecule has 8 heteroatoms. The van der Waals surface area contributed by atoms with Gasteiger partial charge in [-0.25, -0.2) is 4.79 Å². The first kappa shape index (κ1) is 19.1. The Hall–Kier alpha value is -2.25. The molecule has 2 aliphatic rings. The van der Waals surface area contributed by atoms with Crippen LogP contribution in [0.15, 0.2) is 40.9 Å². The van der Waals surface area contributed by atoms with Crippen molar-refractivity contribution in [1.29, 1.82) is 0 Å². The van der Waals surface area contributed by atoms with E-state index in [4.69, 9.17) is 21.1 Å². The van der Waals surface area contributed by atoms with Crippen molar-refractivity contribution in [2.24, 2.45) is 0 Å². The zero-order chi connectivity index (χ0) is 19.9. The van der Waals surface area contributed by atoms with Gasteiger partial charge in [0.2, 0.25) is 0 Å². The van der Waals surface area contributed by atoms with E-state index in [0.29, 0.717) is 41.7 Å². The number of benzene rings is 2. The van der Waals surface area contributed by atoms with Crippen LogP contribution in [-0.2, 0) is 16.9 Å². The minimum Gasteiger partial charge on any atom is -0.486 e. The number of amides is 3. The molecule has 4 rings (SSSR count). The molecule has 2 heterocycles. The molecular weight excluding hydrogens is 448 g/mol. The van der Waals surface area contributed by atoms with Crippen molar-refractivity contribution in [3.63, 3.8) is 0 Å². The van der Waals surface area contributed by atoms with E-state index >= 15 is 0 Å². The van der Waals surface area contributed by atoms with Crippen LogP contribution in [0.2, 0.25) is 5.02 Å². The quantitative estimate of drug-likeness (QED) is 0.686. The maximum absolute atomic E-state index is 13.3. The molecule has 2 aliphatic heterocycles. The molecule has 0 spiro atoms. The number of carbonyl (C=O) groups is 2. The molecule has 0 aliphatic carbocycles. The smallest absolute Gasteiger partial charge is 0.325 e. The summed E-state index contributed by atoms with van der Waals surface area (Å²) in [5.74, 6) is 0.961. The number of imide groups is 1. The number of nitrogens with one attached hydrogen (secondary N) is 1. The molecule has 1 N–H and O–H groups in total. The number of ether oxygens (including phenoxy) is 2. The Labute approximate surface area is 175 Å². The summed E-state index contributed by atoms with van der Waals surface area (Å²) in [6.45, 7) is 2.95. The molecule has 28 heavy (non-hydrogen) atoms. The summed E-state index contributed by atoms with van der Waals surface area (Å²) in [5, 5.41) is 3.45. The monoisotopic (exact) mass is 464 g/mol. The number of nitrogens with zero attached hydrogens (tertiary/aromatic N) is 1. The fourth-order valence-electron chi connectivity index (χ4n) is 3.54. The lowest BCUT2D eigenvalue weighted by atomic mass is 9.87. The molecule has 0 unspecified atom stereocenters. The van der Waals surface area contributed by atoms with E-state index < -0.39 is 11.6 Å². The molecule has 6 nitrogen and oxygen atoms in total. The highest BCUT2D eigenvalue weighted by Crippen LogP contribution is 2.38. The molecule has 0 radical (unpaired) electrons. The molecular formula is C20H18BrClN2O4. The summed E-state index contributed by atoms with van der Waals surface area (Å²) in [6, 6.07) is 10.1. The van der Waals surface area contributed by atoms with Crippen LogP contribution in [0.5, 0.6) is 11.5 Å². The van der Waals surface area contributed by atoms with E-state index in [1.165, 1.54) is 4.90 Å². The molecule has 1 atom stereocenters. The lowest BCUT2D eigenvalue weighted by Crippen LogP contribution is -2.43. The van der Waals surface area contributed by atoms with E-state index in [1.807, 2.05) is 6.92 Å². The van der Waals surface area contributed by atoms with Crippen LogP contribution in [0.1, 0.15) is 24.5 Å². The van der Waals surface area contributed by atoms with E-state index in [2.05, 4.69) is 21.2 Å². The number of halogens is 2. The molecule has 0 saturated carbocycles. The second-order valence-corrected chi connectivity index (χ2v) is 7.97. The first-order valence-corrected chi connectivity index (χ1v) is 10.1. The number of rotatable bonds is 4. The van der Waals surface area contributed by atoms with E-state index in [0.717, 1.165) is 10.0 Å². The Morgan fingerprint density at radius 3 is 2.43 bits per heavy atom. The van der Waals surface area contributed by atoms with Crippen molar-refractivity contribution in [2.75, 3.05) is 13.2 Å². The van der Waals surface area contributed by atoms with Gasteiger partial charge in [-0.05, 0) is 41.8 Å². The summed E-state index contributed by atoms with van der Waals surface area (Å²) in [5.41, 5.74) is 0.374. The third kappa shape index (κ3) is 3.12. The summed E-state index contributed by atoms with van der Waals surface area (Å²) in [4.78, 5) is 27.2. The Kier molecular flexibility index (Phi) is 4.97. The zero-order valence-corrected chi connectivity index (χ0v) is 17.5. The predicted molar refractivity (Wildman–Crippen MR) is 108 cm³/mol. The van der Waals surface area contributed by atoms with Crippen molar-refractivity contribution in [2.45, 2.75) is 25.4 Å². The minimum absolute atomic E-state index is 0.122. The van der Waals surface area contributed by atoms with E-state index in [9.17, 15) is 9.59 Å². The minimum atomic E-state index is -1.10. The van der Waals surface area contributed by atoms with Crippen molar-refractivity contribution in [3.05, 3.63) is 57.0 Å². The number of hydrogen-bond acceptors (Lipinski definition) is 4. The molecule has 146 valence electrons. The van der Waals surface area contributed by atoms with Crippen LogP contribution >= 0.6 is 27.5 Å². The number of carbonyl (C=O) groups excluding carboxylic acids is 2. The van der Waals surface area contributed by atoms with Gasteiger partial charge in [0.25, 0.3) is 5.91 Å². The Morgan fingerprint density at radius 1 is 1.14 bits per heavy atom. The van der Waals surface area contributed by atoms with Gasteiger partial charge in [-0.15, -0.1) is 0 Å². The third-order valence-electron chi connectivity index (χ3n) is 5.08. The lowest BCUT2D eigenvalue weighted by Gasteiger charge is -2.26. The predicted octanol–water partition coefficient (Wildman–Crippen LogP) is 4.23. The van der Waals surface area contributed by atoms with Gasteiger partial charge < -0.3 is 14.8 Å². The van der Waals surface area contributed by atoms with Crippen molar-refractivity contribution in [3.8, 4) is 11.5 Å². The maximum atomic E-state index is 13.3. The average molecular weight is 466 g/mol. The van der Waals surface area contributed by atoms with Gasteiger partial charge in [0.15, 0.2) is 11.5 Å². The van der Waals surface area contributed by atoms with Crippen LogP contribution in [0.25, 0.3) is 0 Å². The van der Waals surface area contributed by atoms with Gasteiger partial charge in [-0.3, -0.25) is 9.69 Å². The largest absolute Gasteiger partial charge is 0.486 e. The second kappa shape index (κ2) is 7.29. The highest BCUT2D eigenvalue weighted by Gasteiger charge is 2.51. The van der Waals surface area contributed by atoms with Crippen LogP contribution < -0.4 is 14.8 Å². The maximum Gasteiger partial charge on any atom is 0.325 e. The summed E-state index contributed by atoms with van der Waals surface area (Å²) >= 11 is 9.47. The van der Waals surface area contributed by atoms with Crippen LogP contribution in [-0.4, -0.2) is 30.1 Å². The van der Waals surface area contributed by atoms with Gasteiger partial charge in [0.1, 0.15) is 18.8 Å². The number of urea groups is 1. The molecule has 2 aromatic carbocycles.